The highest BCUT2D eigenvalue weighted by atomic mass is 32.2. The van der Waals surface area contributed by atoms with Crippen molar-refractivity contribution in [2.45, 2.75) is 64.4 Å². The van der Waals surface area contributed by atoms with Crippen LogP contribution < -0.4 is 9.47 Å². The van der Waals surface area contributed by atoms with Crippen LogP contribution in [0.15, 0.2) is 17.0 Å². The molecule has 0 aliphatic rings. The number of halogens is 4. The Bertz CT molecular complexity index is 1040. The van der Waals surface area contributed by atoms with Gasteiger partial charge in [0.2, 0.25) is 17.4 Å². The van der Waals surface area contributed by atoms with Crippen LogP contribution in [0.4, 0.5) is 17.6 Å². The zero-order chi connectivity index (χ0) is 23.8. The number of hydrogen-bond donors (Lipinski definition) is 0. The van der Waals surface area contributed by atoms with Gasteiger partial charge in [-0.15, -0.1) is 0 Å². The Morgan fingerprint density at radius 3 is 1.52 bits per heavy atom. The molecule has 0 aliphatic carbocycles. The molecule has 5 nitrogen and oxygen atoms in total. The van der Waals surface area contributed by atoms with E-state index >= 15 is 0 Å². The van der Waals surface area contributed by atoms with Gasteiger partial charge in [0.25, 0.3) is 0 Å². The second-order valence-electron chi connectivity index (χ2n) is 7.88. The fourth-order valence-corrected chi connectivity index (χ4v) is 3.58. The van der Waals surface area contributed by atoms with E-state index in [-0.39, 0.29) is 23.7 Å². The minimum absolute atomic E-state index is 0.0459. The SMILES string of the molecule is CC(C)Oc1cc(C(C)C)c(Oc2c(F)c(F)c(S(=O)(=O)[O-])c(F)c2F)c(C(C)C)c1. The standard InChI is InChI=1S/C21H24F4O5S/c1-9(2)13-7-12(29-11(5)6)8-14(10(3)4)19(13)30-20-15(22)17(24)21(31(26,27)28)18(25)16(20)23/h7-11H,1-6H3,(H,26,27,28)/p-1. The number of hydrogen-bond acceptors (Lipinski definition) is 5. The van der Waals surface area contributed by atoms with Gasteiger partial charge in [-0.3, -0.25) is 0 Å². The van der Waals surface area contributed by atoms with Crippen molar-refractivity contribution in [2.75, 3.05) is 0 Å². The summed E-state index contributed by atoms with van der Waals surface area (Å²) in [5.74, 6) is -10.5. The molecule has 0 atom stereocenters. The van der Waals surface area contributed by atoms with Gasteiger partial charge in [-0.1, -0.05) is 27.7 Å². The van der Waals surface area contributed by atoms with Crippen molar-refractivity contribution in [3.8, 4) is 17.2 Å². The topological polar surface area (TPSA) is 75.7 Å². The van der Waals surface area contributed by atoms with Crippen LogP contribution in [0.1, 0.15) is 64.5 Å². The fraction of sp³-hybridized carbons (Fsp3) is 0.429. The maximum absolute atomic E-state index is 14.5. The highest BCUT2D eigenvalue weighted by Crippen LogP contribution is 2.43. The van der Waals surface area contributed by atoms with E-state index in [1.807, 2.05) is 13.8 Å². The van der Waals surface area contributed by atoms with Crippen molar-refractivity contribution in [1.82, 2.24) is 0 Å². The third kappa shape index (κ3) is 5.12. The first-order valence-corrected chi connectivity index (χ1v) is 10.9. The molecule has 2 aromatic rings. The predicted octanol–water partition coefficient (Wildman–Crippen LogP) is 5.97. The van der Waals surface area contributed by atoms with Crippen LogP contribution in [-0.2, 0) is 10.1 Å². The molecule has 2 aromatic carbocycles. The van der Waals surface area contributed by atoms with Crippen molar-refractivity contribution in [3.63, 3.8) is 0 Å². The van der Waals surface area contributed by atoms with Crippen LogP contribution in [0.25, 0.3) is 0 Å². The molecule has 0 radical (unpaired) electrons. The van der Waals surface area contributed by atoms with E-state index in [1.54, 1.807) is 39.8 Å². The molecule has 0 bridgehead atoms. The van der Waals surface area contributed by atoms with Crippen LogP contribution in [0.5, 0.6) is 17.2 Å². The molecular weight excluding hydrogens is 440 g/mol. The van der Waals surface area contributed by atoms with E-state index < -0.39 is 44.0 Å². The molecule has 0 saturated carbocycles. The molecule has 0 fully saturated rings. The van der Waals surface area contributed by atoms with Crippen molar-refractivity contribution in [2.24, 2.45) is 0 Å². The third-order valence-corrected chi connectivity index (χ3v) is 5.23. The largest absolute Gasteiger partial charge is 0.744 e. The first-order valence-electron chi connectivity index (χ1n) is 9.50. The summed E-state index contributed by atoms with van der Waals surface area (Å²) in [5, 5.41) is 0. The number of ether oxygens (including phenoxy) is 2. The van der Waals surface area contributed by atoms with Gasteiger partial charge in [0.15, 0.2) is 11.6 Å². The van der Waals surface area contributed by atoms with Gasteiger partial charge in [-0.2, -0.15) is 8.78 Å². The summed E-state index contributed by atoms with van der Waals surface area (Å²) < 4.78 is 101. The Balaban J connectivity index is 2.79. The van der Waals surface area contributed by atoms with Gasteiger partial charge in [0, 0.05) is 11.1 Å². The molecule has 0 aromatic heterocycles. The molecule has 0 spiro atoms. The molecule has 0 unspecified atom stereocenters. The molecule has 31 heavy (non-hydrogen) atoms. The first kappa shape index (κ1) is 24.9. The molecular formula is C21H23F4O5S-. The molecule has 2 rings (SSSR count). The quantitative estimate of drug-likeness (QED) is 0.287. The summed E-state index contributed by atoms with van der Waals surface area (Å²) in [4.78, 5) is -2.23. The molecule has 0 amide bonds. The summed E-state index contributed by atoms with van der Waals surface area (Å²) in [6, 6.07) is 3.18. The predicted molar refractivity (Wildman–Crippen MR) is 105 cm³/mol. The lowest BCUT2D eigenvalue weighted by atomic mass is 9.93. The zero-order valence-electron chi connectivity index (χ0n) is 17.8. The minimum Gasteiger partial charge on any atom is -0.744 e. The van der Waals surface area contributed by atoms with E-state index in [1.165, 1.54) is 0 Å². The average molecular weight is 463 g/mol. The second-order valence-corrected chi connectivity index (χ2v) is 9.19. The third-order valence-electron chi connectivity index (χ3n) is 4.37. The van der Waals surface area contributed by atoms with E-state index in [9.17, 15) is 30.5 Å². The highest BCUT2D eigenvalue weighted by molar-refractivity contribution is 7.85. The van der Waals surface area contributed by atoms with Crippen molar-refractivity contribution >= 4 is 10.1 Å². The van der Waals surface area contributed by atoms with Crippen LogP contribution in [0.3, 0.4) is 0 Å². The lowest BCUT2D eigenvalue weighted by Crippen LogP contribution is -2.12. The van der Waals surface area contributed by atoms with Crippen molar-refractivity contribution in [3.05, 3.63) is 46.5 Å². The first-order chi connectivity index (χ1) is 14.2. The molecule has 0 saturated heterocycles. The lowest BCUT2D eigenvalue weighted by molar-refractivity contribution is 0.241. The Morgan fingerprint density at radius 1 is 0.774 bits per heavy atom. The Morgan fingerprint density at radius 2 is 1.19 bits per heavy atom. The van der Waals surface area contributed by atoms with E-state index in [4.69, 9.17) is 9.47 Å². The Kier molecular flexibility index (Phi) is 7.27. The van der Waals surface area contributed by atoms with Crippen LogP contribution >= 0.6 is 0 Å². The van der Waals surface area contributed by atoms with Gasteiger partial charge in [0.05, 0.1) is 6.10 Å². The normalized spacial score (nSPS) is 12.2. The highest BCUT2D eigenvalue weighted by Gasteiger charge is 2.31. The van der Waals surface area contributed by atoms with Crippen molar-refractivity contribution < 1.29 is 40.0 Å². The number of benzene rings is 2. The molecule has 0 aliphatic heterocycles. The summed E-state index contributed by atoms with van der Waals surface area (Å²) in [6.07, 6.45) is -0.161. The summed E-state index contributed by atoms with van der Waals surface area (Å²) in [5.41, 5.74) is 0.893. The van der Waals surface area contributed by atoms with Gasteiger partial charge < -0.3 is 14.0 Å². The maximum atomic E-state index is 14.5. The molecule has 0 heterocycles. The van der Waals surface area contributed by atoms with Crippen LogP contribution in [0, 0.1) is 23.3 Å². The van der Waals surface area contributed by atoms with Gasteiger partial charge in [0.1, 0.15) is 26.5 Å². The Hall–Kier alpha value is -2.33. The summed E-state index contributed by atoms with van der Waals surface area (Å²) >= 11 is 0. The molecule has 172 valence electrons. The number of rotatable bonds is 7. The van der Waals surface area contributed by atoms with Gasteiger partial charge in [-0.05, 0) is 37.8 Å². The Labute approximate surface area is 178 Å². The lowest BCUT2D eigenvalue weighted by Gasteiger charge is -2.23. The van der Waals surface area contributed by atoms with E-state index in [0.717, 1.165) is 0 Å². The maximum Gasteiger partial charge on any atom is 0.205 e. The van der Waals surface area contributed by atoms with Gasteiger partial charge in [-0.25, -0.2) is 17.2 Å². The summed E-state index contributed by atoms with van der Waals surface area (Å²) in [6.45, 7) is 10.7. The van der Waals surface area contributed by atoms with E-state index in [0.29, 0.717) is 16.9 Å². The monoisotopic (exact) mass is 463 g/mol. The fourth-order valence-electron chi connectivity index (χ4n) is 2.96. The van der Waals surface area contributed by atoms with Crippen LogP contribution in [-0.4, -0.2) is 19.1 Å². The second kappa shape index (κ2) is 9.04. The molecule has 0 N–H and O–H groups in total. The average Bonchev–Trinajstić information content (AvgIpc) is 2.62. The van der Waals surface area contributed by atoms with Gasteiger partial charge >= 0.3 is 0 Å². The van der Waals surface area contributed by atoms with Crippen molar-refractivity contribution in [1.29, 1.82) is 0 Å². The van der Waals surface area contributed by atoms with E-state index in [2.05, 4.69) is 0 Å². The summed E-state index contributed by atoms with van der Waals surface area (Å²) in [7, 11) is -5.81. The molecule has 10 heteroatoms. The minimum atomic E-state index is -5.81. The van der Waals surface area contributed by atoms with Crippen LogP contribution in [0.2, 0.25) is 0 Å². The zero-order valence-corrected chi connectivity index (χ0v) is 18.7. The smallest absolute Gasteiger partial charge is 0.205 e.